The second-order valence-electron chi connectivity index (χ2n) is 6.70. The third kappa shape index (κ3) is 5.25. The number of hydrogen-bond donors (Lipinski definition) is 2. The summed E-state index contributed by atoms with van der Waals surface area (Å²) in [7, 11) is 0. The largest absolute Gasteiger partial charge is 0.351 e. The Morgan fingerprint density at radius 1 is 1.35 bits per heavy atom. The molecule has 1 aromatic carbocycles. The van der Waals surface area contributed by atoms with Crippen LogP contribution in [0.3, 0.4) is 0 Å². The highest BCUT2D eigenvalue weighted by Gasteiger charge is 2.20. The second kappa shape index (κ2) is 8.60. The number of aromatic nitrogens is 2. The highest BCUT2D eigenvalue weighted by Crippen LogP contribution is 2.19. The van der Waals surface area contributed by atoms with Gasteiger partial charge in [-0.3, -0.25) is 9.69 Å². The molecule has 26 heavy (non-hydrogen) atoms. The first-order chi connectivity index (χ1) is 12.5. The number of likely N-dealkylation sites (tertiary alicyclic amines) is 1. The molecule has 0 spiro atoms. The van der Waals surface area contributed by atoms with Gasteiger partial charge in [0.1, 0.15) is 0 Å². The number of rotatable bonds is 5. The monoisotopic (exact) mass is 417 g/mol. The third-order valence-corrected chi connectivity index (χ3v) is 5.27. The highest BCUT2D eigenvalue weighted by molar-refractivity contribution is 9.10. The number of aryl methyl sites for hydroxylation is 1. The molecule has 1 aliphatic heterocycles. The van der Waals surface area contributed by atoms with Crippen molar-refractivity contribution >= 4 is 33.5 Å². The number of anilines is 2. The molecular weight excluding hydrogens is 394 g/mol. The lowest BCUT2D eigenvalue weighted by Gasteiger charge is -2.32. The first-order valence-electron chi connectivity index (χ1n) is 8.84. The van der Waals surface area contributed by atoms with Crippen molar-refractivity contribution in [2.24, 2.45) is 0 Å². The Labute approximate surface area is 162 Å². The Balaban J connectivity index is 1.50. The number of amides is 1. The Bertz CT molecular complexity index is 774. The molecule has 0 radical (unpaired) electrons. The van der Waals surface area contributed by atoms with E-state index in [2.05, 4.69) is 47.5 Å². The van der Waals surface area contributed by atoms with Crippen LogP contribution in [0.25, 0.3) is 0 Å². The molecule has 7 heteroatoms. The fourth-order valence-corrected chi connectivity index (χ4v) is 3.34. The van der Waals surface area contributed by atoms with Crippen LogP contribution >= 0.6 is 15.9 Å². The number of piperidine rings is 1. The van der Waals surface area contributed by atoms with E-state index in [1.807, 2.05) is 25.1 Å². The molecule has 2 aromatic rings. The van der Waals surface area contributed by atoms with Gasteiger partial charge in [0.2, 0.25) is 11.9 Å². The highest BCUT2D eigenvalue weighted by atomic mass is 79.9. The average molecular weight is 418 g/mol. The van der Waals surface area contributed by atoms with Gasteiger partial charge in [-0.05, 0) is 53.4 Å². The molecule has 6 nitrogen and oxygen atoms in total. The Morgan fingerprint density at radius 2 is 2.12 bits per heavy atom. The van der Waals surface area contributed by atoms with Crippen molar-refractivity contribution in [1.82, 2.24) is 14.9 Å². The Kier molecular flexibility index (Phi) is 6.21. The first-order valence-corrected chi connectivity index (χ1v) is 9.63. The molecule has 138 valence electrons. The van der Waals surface area contributed by atoms with Crippen molar-refractivity contribution in [3.63, 3.8) is 0 Å². The van der Waals surface area contributed by atoms with Crippen molar-refractivity contribution in [2.75, 3.05) is 23.7 Å². The van der Waals surface area contributed by atoms with Crippen LogP contribution in [-0.2, 0) is 11.3 Å². The summed E-state index contributed by atoms with van der Waals surface area (Å²) in [6.07, 6.45) is 3.91. The van der Waals surface area contributed by atoms with E-state index in [9.17, 15) is 4.79 Å². The number of nitrogens with one attached hydrogen (secondary N) is 2. The van der Waals surface area contributed by atoms with Crippen LogP contribution < -0.4 is 10.6 Å². The van der Waals surface area contributed by atoms with Gasteiger partial charge in [-0.2, -0.15) is 0 Å². The number of hydrogen-bond acceptors (Lipinski definition) is 5. The van der Waals surface area contributed by atoms with Gasteiger partial charge in [0.15, 0.2) is 0 Å². The predicted molar refractivity (Wildman–Crippen MR) is 107 cm³/mol. The van der Waals surface area contributed by atoms with Gasteiger partial charge in [0, 0.05) is 44.5 Å². The lowest BCUT2D eigenvalue weighted by Crippen LogP contribution is -2.39. The smallest absolute Gasteiger partial charge is 0.223 e. The van der Waals surface area contributed by atoms with Crippen LogP contribution in [-0.4, -0.2) is 39.9 Å². The lowest BCUT2D eigenvalue weighted by atomic mass is 10.0. The number of carbonyl (C=O) groups excluding carboxylic acids is 1. The summed E-state index contributed by atoms with van der Waals surface area (Å²) in [4.78, 5) is 22.4. The maximum atomic E-state index is 11.2. The summed E-state index contributed by atoms with van der Waals surface area (Å²) in [5.41, 5.74) is 3.02. The third-order valence-electron chi connectivity index (χ3n) is 4.49. The number of benzene rings is 1. The molecule has 1 aromatic heterocycles. The molecular formula is C19H24BrN5O. The number of carbonyl (C=O) groups is 1. The molecule has 1 saturated heterocycles. The maximum absolute atomic E-state index is 11.2. The summed E-state index contributed by atoms with van der Waals surface area (Å²) >= 11 is 3.43. The van der Waals surface area contributed by atoms with Gasteiger partial charge in [-0.15, -0.1) is 0 Å². The molecule has 0 bridgehead atoms. The zero-order valence-electron chi connectivity index (χ0n) is 15.1. The number of nitrogens with zero attached hydrogens (tertiary/aromatic N) is 3. The van der Waals surface area contributed by atoms with Crippen LogP contribution in [0.4, 0.5) is 11.6 Å². The SMILES string of the molecule is CC(=O)Nc1cccc(CN2CCC(Nc3ncc(Br)c(C)n3)CC2)c1. The normalized spacial score (nSPS) is 15.7. The van der Waals surface area contributed by atoms with Crippen molar-refractivity contribution in [3.05, 3.63) is 46.2 Å². The van der Waals surface area contributed by atoms with Crippen LogP contribution in [0.15, 0.2) is 34.9 Å². The summed E-state index contributed by atoms with van der Waals surface area (Å²) in [6, 6.07) is 8.46. The van der Waals surface area contributed by atoms with E-state index in [0.717, 1.165) is 48.3 Å². The van der Waals surface area contributed by atoms with E-state index < -0.39 is 0 Å². The minimum Gasteiger partial charge on any atom is -0.351 e. The zero-order valence-corrected chi connectivity index (χ0v) is 16.7. The molecule has 1 aliphatic rings. The average Bonchev–Trinajstić information content (AvgIpc) is 2.60. The molecule has 3 rings (SSSR count). The molecule has 0 aliphatic carbocycles. The Morgan fingerprint density at radius 3 is 2.81 bits per heavy atom. The van der Waals surface area contributed by atoms with E-state index in [-0.39, 0.29) is 5.91 Å². The van der Waals surface area contributed by atoms with Crippen molar-refractivity contribution in [3.8, 4) is 0 Å². The molecule has 0 unspecified atom stereocenters. The van der Waals surface area contributed by atoms with Gasteiger partial charge in [0.05, 0.1) is 10.2 Å². The Hall–Kier alpha value is -1.99. The molecule has 2 N–H and O–H groups in total. The van der Waals surface area contributed by atoms with Gasteiger partial charge >= 0.3 is 0 Å². The molecule has 1 amide bonds. The standard InChI is InChI=1S/C19H24BrN5O/c1-13-18(20)11-21-19(22-13)24-16-6-8-25(9-7-16)12-15-4-3-5-17(10-15)23-14(2)26/h3-5,10-11,16H,6-9,12H2,1-2H3,(H,23,26)(H,21,22,24). The fourth-order valence-electron chi connectivity index (χ4n) is 3.15. The summed E-state index contributed by atoms with van der Waals surface area (Å²) in [5, 5.41) is 6.29. The van der Waals surface area contributed by atoms with Crippen LogP contribution in [0.5, 0.6) is 0 Å². The van der Waals surface area contributed by atoms with E-state index in [1.54, 1.807) is 6.20 Å². The second-order valence-corrected chi connectivity index (χ2v) is 7.56. The summed E-state index contributed by atoms with van der Waals surface area (Å²) in [6.45, 7) is 6.44. The van der Waals surface area contributed by atoms with E-state index in [0.29, 0.717) is 12.0 Å². The van der Waals surface area contributed by atoms with Gasteiger partial charge < -0.3 is 10.6 Å². The van der Waals surface area contributed by atoms with E-state index in [1.165, 1.54) is 12.5 Å². The van der Waals surface area contributed by atoms with Crippen molar-refractivity contribution in [2.45, 2.75) is 39.3 Å². The minimum atomic E-state index is -0.0422. The van der Waals surface area contributed by atoms with Gasteiger partial charge in [0.25, 0.3) is 0 Å². The summed E-state index contributed by atoms with van der Waals surface area (Å²) in [5.74, 6) is 0.659. The molecule has 2 heterocycles. The fraction of sp³-hybridized carbons (Fsp3) is 0.421. The minimum absolute atomic E-state index is 0.0422. The van der Waals surface area contributed by atoms with Crippen molar-refractivity contribution in [1.29, 1.82) is 0 Å². The van der Waals surface area contributed by atoms with Gasteiger partial charge in [-0.25, -0.2) is 9.97 Å². The molecule has 0 saturated carbocycles. The van der Waals surface area contributed by atoms with Gasteiger partial charge in [-0.1, -0.05) is 12.1 Å². The topological polar surface area (TPSA) is 70.2 Å². The maximum Gasteiger partial charge on any atom is 0.223 e. The van der Waals surface area contributed by atoms with E-state index >= 15 is 0 Å². The van der Waals surface area contributed by atoms with Crippen LogP contribution in [0, 0.1) is 6.92 Å². The zero-order chi connectivity index (χ0) is 18.5. The summed E-state index contributed by atoms with van der Waals surface area (Å²) < 4.78 is 0.930. The first kappa shape index (κ1) is 18.8. The van der Waals surface area contributed by atoms with Crippen LogP contribution in [0.1, 0.15) is 31.0 Å². The molecule has 1 fully saturated rings. The predicted octanol–water partition coefficient (Wildman–Crippen LogP) is 3.58. The van der Waals surface area contributed by atoms with E-state index in [4.69, 9.17) is 0 Å². The quantitative estimate of drug-likeness (QED) is 0.777. The van der Waals surface area contributed by atoms with Crippen molar-refractivity contribution < 1.29 is 4.79 Å². The molecule has 0 atom stereocenters. The van der Waals surface area contributed by atoms with Crippen LogP contribution in [0.2, 0.25) is 0 Å². The number of halogens is 1. The lowest BCUT2D eigenvalue weighted by molar-refractivity contribution is -0.114.